The Balaban J connectivity index is 2.24. The fourth-order valence-corrected chi connectivity index (χ4v) is 3.76. The number of carbonyl (C=O) groups is 2. The van der Waals surface area contributed by atoms with Crippen molar-refractivity contribution < 1.29 is 14.3 Å². The molecule has 2 aromatic carbocycles. The average molecular weight is 486 g/mol. The highest BCUT2D eigenvalue weighted by molar-refractivity contribution is 6.36. The van der Waals surface area contributed by atoms with Gasteiger partial charge in [0.25, 0.3) is 5.91 Å². The van der Waals surface area contributed by atoms with E-state index in [1.54, 1.807) is 42.5 Å². The summed E-state index contributed by atoms with van der Waals surface area (Å²) in [6.45, 7) is 4.30. The topological polar surface area (TPSA) is 58.6 Å². The Morgan fingerprint density at radius 3 is 2.35 bits per heavy atom. The van der Waals surface area contributed by atoms with Crippen LogP contribution in [0.1, 0.15) is 38.7 Å². The van der Waals surface area contributed by atoms with Crippen molar-refractivity contribution in [3.63, 3.8) is 0 Å². The van der Waals surface area contributed by atoms with Crippen molar-refractivity contribution in [2.75, 3.05) is 13.2 Å². The summed E-state index contributed by atoms with van der Waals surface area (Å²) >= 11 is 18.6. The third kappa shape index (κ3) is 7.60. The smallest absolute Gasteiger partial charge is 0.261 e. The van der Waals surface area contributed by atoms with Gasteiger partial charge in [0.1, 0.15) is 11.8 Å². The summed E-state index contributed by atoms with van der Waals surface area (Å²) in [4.78, 5) is 27.5. The van der Waals surface area contributed by atoms with Gasteiger partial charge >= 0.3 is 0 Å². The van der Waals surface area contributed by atoms with Crippen LogP contribution in [-0.2, 0) is 16.1 Å². The van der Waals surface area contributed by atoms with Crippen LogP contribution >= 0.6 is 34.8 Å². The van der Waals surface area contributed by atoms with E-state index in [4.69, 9.17) is 39.5 Å². The molecule has 0 saturated heterocycles. The number of hydrogen-bond donors (Lipinski definition) is 1. The Labute approximate surface area is 198 Å². The molecule has 5 nitrogen and oxygen atoms in total. The third-order valence-corrected chi connectivity index (χ3v) is 5.71. The van der Waals surface area contributed by atoms with Gasteiger partial charge in [-0.3, -0.25) is 9.59 Å². The van der Waals surface area contributed by atoms with Crippen LogP contribution in [0.5, 0.6) is 5.75 Å². The van der Waals surface area contributed by atoms with Gasteiger partial charge in [-0.25, -0.2) is 0 Å². The average Bonchev–Trinajstić information content (AvgIpc) is 2.74. The zero-order chi connectivity index (χ0) is 22.8. The first-order chi connectivity index (χ1) is 14.9. The molecule has 2 amide bonds. The van der Waals surface area contributed by atoms with Gasteiger partial charge in [-0.2, -0.15) is 0 Å². The van der Waals surface area contributed by atoms with Gasteiger partial charge in [0.05, 0.1) is 0 Å². The van der Waals surface area contributed by atoms with Crippen LogP contribution in [-0.4, -0.2) is 35.9 Å². The maximum Gasteiger partial charge on any atom is 0.261 e. The number of carbonyl (C=O) groups excluding carboxylic acids is 2. The zero-order valence-corrected chi connectivity index (χ0v) is 19.9. The summed E-state index contributed by atoms with van der Waals surface area (Å²) in [6, 6.07) is 11.3. The normalized spacial score (nSPS) is 11.6. The second-order valence-electron chi connectivity index (χ2n) is 7.04. The Hall–Kier alpha value is -1.95. The van der Waals surface area contributed by atoms with Crippen molar-refractivity contribution in [3.05, 3.63) is 63.1 Å². The van der Waals surface area contributed by atoms with Crippen molar-refractivity contribution in [2.24, 2.45) is 0 Å². The third-order valence-electron chi connectivity index (χ3n) is 4.76. The highest BCUT2D eigenvalue weighted by Crippen LogP contribution is 2.27. The van der Waals surface area contributed by atoms with E-state index in [9.17, 15) is 9.59 Å². The largest absolute Gasteiger partial charge is 0.484 e. The maximum absolute atomic E-state index is 13.2. The molecule has 0 aliphatic heterocycles. The number of nitrogens with zero attached hydrogens (tertiary/aromatic N) is 1. The number of hydrogen-bond acceptors (Lipinski definition) is 3. The molecule has 0 aromatic heterocycles. The van der Waals surface area contributed by atoms with Crippen molar-refractivity contribution >= 4 is 46.6 Å². The van der Waals surface area contributed by atoms with E-state index in [1.165, 1.54) is 4.90 Å². The lowest BCUT2D eigenvalue weighted by molar-refractivity contribution is -0.143. The van der Waals surface area contributed by atoms with Crippen molar-refractivity contribution in [1.82, 2.24) is 10.2 Å². The standard InChI is InChI=1S/C23H27Cl3N2O3/c1-3-5-12-27-23(30)21(4-2)28(14-18-19(25)10-7-11-20(18)26)22(29)15-31-17-9-6-8-16(24)13-17/h6-11,13,21H,3-5,12,14-15H2,1-2H3,(H,27,30)/t21-/m0/s1. The highest BCUT2D eigenvalue weighted by atomic mass is 35.5. The molecule has 0 fully saturated rings. The van der Waals surface area contributed by atoms with Crippen LogP contribution in [0.3, 0.4) is 0 Å². The summed E-state index contributed by atoms with van der Waals surface area (Å²) in [5, 5.41) is 4.28. The number of ether oxygens (including phenoxy) is 1. The Kier molecular flexibility index (Phi) is 10.4. The van der Waals surface area contributed by atoms with Gasteiger partial charge in [-0.15, -0.1) is 0 Å². The van der Waals surface area contributed by atoms with Crippen LogP contribution < -0.4 is 10.1 Å². The van der Waals surface area contributed by atoms with Gasteiger partial charge in [-0.1, -0.05) is 67.2 Å². The van der Waals surface area contributed by atoms with Crippen molar-refractivity contribution in [1.29, 1.82) is 0 Å². The molecular formula is C23H27Cl3N2O3. The zero-order valence-electron chi connectivity index (χ0n) is 17.7. The van der Waals surface area contributed by atoms with E-state index in [1.807, 2.05) is 13.8 Å². The molecule has 1 N–H and O–H groups in total. The van der Waals surface area contributed by atoms with Gasteiger partial charge < -0.3 is 15.0 Å². The Morgan fingerprint density at radius 2 is 1.74 bits per heavy atom. The summed E-state index contributed by atoms with van der Waals surface area (Å²) in [6.07, 6.45) is 2.26. The SMILES string of the molecule is CCCCNC(=O)[C@H](CC)N(Cc1c(Cl)cccc1Cl)C(=O)COc1cccc(Cl)c1. The van der Waals surface area contributed by atoms with E-state index in [0.717, 1.165) is 12.8 Å². The van der Waals surface area contributed by atoms with Crippen molar-refractivity contribution in [3.8, 4) is 5.75 Å². The molecule has 0 saturated carbocycles. The molecule has 2 rings (SSSR count). The van der Waals surface area contributed by atoms with E-state index in [2.05, 4.69) is 5.32 Å². The van der Waals surface area contributed by atoms with Crippen LogP contribution in [0, 0.1) is 0 Å². The minimum atomic E-state index is -0.681. The van der Waals surface area contributed by atoms with Crippen LogP contribution in [0.15, 0.2) is 42.5 Å². The van der Waals surface area contributed by atoms with Gasteiger partial charge in [0, 0.05) is 33.7 Å². The molecule has 2 aromatic rings. The summed E-state index contributed by atoms with van der Waals surface area (Å²) in [5.41, 5.74) is 0.585. The van der Waals surface area contributed by atoms with E-state index < -0.39 is 6.04 Å². The van der Waals surface area contributed by atoms with E-state index in [0.29, 0.717) is 39.3 Å². The van der Waals surface area contributed by atoms with Crippen LogP contribution in [0.4, 0.5) is 0 Å². The number of benzene rings is 2. The quantitative estimate of drug-likeness (QED) is 0.412. The molecule has 168 valence electrons. The first-order valence-electron chi connectivity index (χ1n) is 10.3. The fourth-order valence-electron chi connectivity index (χ4n) is 3.06. The van der Waals surface area contributed by atoms with Crippen LogP contribution in [0.25, 0.3) is 0 Å². The molecular weight excluding hydrogens is 459 g/mol. The Morgan fingerprint density at radius 1 is 1.06 bits per heavy atom. The number of halogens is 3. The molecule has 31 heavy (non-hydrogen) atoms. The molecule has 0 spiro atoms. The lowest BCUT2D eigenvalue weighted by atomic mass is 10.1. The van der Waals surface area contributed by atoms with Crippen LogP contribution in [0.2, 0.25) is 15.1 Å². The number of nitrogens with one attached hydrogen (secondary N) is 1. The molecule has 0 bridgehead atoms. The molecule has 0 aliphatic carbocycles. The molecule has 0 aliphatic rings. The van der Waals surface area contributed by atoms with Crippen molar-refractivity contribution in [2.45, 2.75) is 45.7 Å². The lowest BCUT2D eigenvalue weighted by Crippen LogP contribution is -2.50. The van der Waals surface area contributed by atoms with Gasteiger partial charge in [-0.05, 0) is 43.2 Å². The molecule has 1 atom stereocenters. The second kappa shape index (κ2) is 12.8. The molecule has 0 unspecified atom stereocenters. The van der Waals surface area contributed by atoms with Gasteiger partial charge in [0.2, 0.25) is 5.91 Å². The molecule has 0 radical (unpaired) electrons. The highest BCUT2D eigenvalue weighted by Gasteiger charge is 2.29. The first-order valence-corrected chi connectivity index (χ1v) is 11.4. The second-order valence-corrected chi connectivity index (χ2v) is 8.29. The molecule has 8 heteroatoms. The number of unbranched alkanes of at least 4 members (excludes halogenated alkanes) is 1. The van der Waals surface area contributed by atoms with E-state index >= 15 is 0 Å². The molecule has 0 heterocycles. The minimum Gasteiger partial charge on any atom is -0.484 e. The predicted octanol–water partition coefficient (Wildman–Crippen LogP) is 5.75. The van der Waals surface area contributed by atoms with Gasteiger partial charge in [0.15, 0.2) is 6.61 Å². The number of amides is 2. The number of rotatable bonds is 11. The summed E-state index contributed by atoms with van der Waals surface area (Å²) in [7, 11) is 0. The lowest BCUT2D eigenvalue weighted by Gasteiger charge is -2.31. The fraction of sp³-hybridized carbons (Fsp3) is 0.391. The Bertz CT molecular complexity index is 872. The minimum absolute atomic E-state index is 0.0932. The monoisotopic (exact) mass is 484 g/mol. The first kappa shape index (κ1) is 25.3. The predicted molar refractivity (Wildman–Crippen MR) is 126 cm³/mol. The summed E-state index contributed by atoms with van der Waals surface area (Å²) < 4.78 is 5.63. The summed E-state index contributed by atoms with van der Waals surface area (Å²) in [5.74, 6) is -0.0966. The van der Waals surface area contributed by atoms with E-state index in [-0.39, 0.29) is 25.0 Å². The maximum atomic E-state index is 13.2.